The molecule has 0 heterocycles. The maximum atomic E-state index is 12.4. The summed E-state index contributed by atoms with van der Waals surface area (Å²) < 4.78 is 11.1. The molecule has 5 heteroatoms. The van der Waals surface area contributed by atoms with E-state index >= 15 is 0 Å². The molecule has 208 valence electrons. The van der Waals surface area contributed by atoms with Crippen LogP contribution in [0.4, 0.5) is 4.79 Å². The third-order valence-electron chi connectivity index (χ3n) is 6.28. The molecule has 1 N–H and O–H groups in total. The zero-order valence-electron chi connectivity index (χ0n) is 24.1. The minimum absolute atomic E-state index is 0.0152. The summed E-state index contributed by atoms with van der Waals surface area (Å²) in [6.45, 7) is 10.7. The lowest BCUT2D eigenvalue weighted by Crippen LogP contribution is -2.32. The Balaban J connectivity index is 3.99. The fourth-order valence-electron chi connectivity index (χ4n) is 4.24. The van der Waals surface area contributed by atoms with Gasteiger partial charge < -0.3 is 14.8 Å². The predicted octanol–water partition coefficient (Wildman–Crippen LogP) is 9.26. The lowest BCUT2D eigenvalue weighted by Gasteiger charge is -2.19. The third-order valence-corrected chi connectivity index (χ3v) is 6.28. The highest BCUT2D eigenvalue weighted by molar-refractivity contribution is 5.69. The van der Waals surface area contributed by atoms with Gasteiger partial charge in [-0.25, -0.2) is 4.79 Å². The van der Waals surface area contributed by atoms with Crippen molar-refractivity contribution >= 4 is 12.1 Å². The van der Waals surface area contributed by atoms with Crippen molar-refractivity contribution in [2.75, 3.05) is 6.54 Å². The minimum atomic E-state index is -0.457. The lowest BCUT2D eigenvalue weighted by atomic mass is 10.0. The number of nitrogens with one attached hydrogen (secondary N) is 1. The summed E-state index contributed by atoms with van der Waals surface area (Å²) in [5, 5.41) is 2.80. The van der Waals surface area contributed by atoms with Gasteiger partial charge in [-0.1, -0.05) is 97.3 Å². The number of carbonyl (C=O) groups excluding carboxylic acids is 2. The summed E-state index contributed by atoms with van der Waals surface area (Å²) in [4.78, 5) is 24.1. The van der Waals surface area contributed by atoms with Crippen LogP contribution in [0, 0.1) is 0 Å². The van der Waals surface area contributed by atoms with Gasteiger partial charge in [0.15, 0.2) is 0 Å². The van der Waals surface area contributed by atoms with Crippen LogP contribution < -0.4 is 5.32 Å². The normalized spacial score (nSPS) is 11.6. The zero-order valence-corrected chi connectivity index (χ0v) is 24.1. The van der Waals surface area contributed by atoms with Gasteiger partial charge in [0.25, 0.3) is 0 Å². The lowest BCUT2D eigenvalue weighted by molar-refractivity contribution is -0.150. The average molecular weight is 498 g/mol. The molecule has 35 heavy (non-hydrogen) atoms. The first kappa shape index (κ1) is 33.7. The predicted molar refractivity (Wildman–Crippen MR) is 148 cm³/mol. The molecular formula is C30H59NO4. The van der Waals surface area contributed by atoms with Gasteiger partial charge in [0.2, 0.25) is 0 Å². The van der Waals surface area contributed by atoms with Gasteiger partial charge in [0.1, 0.15) is 11.7 Å². The topological polar surface area (TPSA) is 64.6 Å². The highest BCUT2D eigenvalue weighted by Gasteiger charge is 2.16. The molecule has 0 atom stereocenters. The van der Waals surface area contributed by atoms with Crippen LogP contribution in [0.3, 0.4) is 0 Å². The van der Waals surface area contributed by atoms with Gasteiger partial charge in [-0.2, -0.15) is 0 Å². The molecule has 0 aromatic carbocycles. The first-order valence-electron chi connectivity index (χ1n) is 14.9. The maximum absolute atomic E-state index is 12.4. The third kappa shape index (κ3) is 25.6. The molecule has 0 aromatic heterocycles. The molecule has 0 spiro atoms. The number of rotatable bonds is 23. The van der Waals surface area contributed by atoms with Gasteiger partial charge >= 0.3 is 12.1 Å². The van der Waals surface area contributed by atoms with E-state index in [0.29, 0.717) is 13.0 Å². The Labute approximate surface area is 217 Å². The first-order chi connectivity index (χ1) is 16.8. The van der Waals surface area contributed by atoms with Crippen LogP contribution in [0.1, 0.15) is 163 Å². The van der Waals surface area contributed by atoms with E-state index in [2.05, 4.69) is 19.2 Å². The van der Waals surface area contributed by atoms with E-state index in [1.54, 1.807) is 0 Å². The number of alkyl carbamates (subject to hydrolysis) is 1. The summed E-state index contributed by atoms with van der Waals surface area (Å²) >= 11 is 0. The van der Waals surface area contributed by atoms with Crippen LogP contribution in [0.15, 0.2) is 0 Å². The van der Waals surface area contributed by atoms with Crippen LogP contribution in [0.5, 0.6) is 0 Å². The summed E-state index contributed by atoms with van der Waals surface area (Å²) in [5.41, 5.74) is -0.457. The maximum Gasteiger partial charge on any atom is 0.407 e. The first-order valence-corrected chi connectivity index (χ1v) is 14.9. The Bertz CT molecular complexity index is 485. The highest BCUT2D eigenvalue weighted by Crippen LogP contribution is 2.18. The number of amides is 1. The van der Waals surface area contributed by atoms with Gasteiger partial charge in [0.05, 0.1) is 0 Å². The summed E-state index contributed by atoms with van der Waals surface area (Å²) in [6, 6.07) is 0. The fourth-order valence-corrected chi connectivity index (χ4v) is 4.24. The van der Waals surface area contributed by atoms with Crippen molar-refractivity contribution in [1.29, 1.82) is 0 Å². The summed E-state index contributed by atoms with van der Waals surface area (Å²) in [5.74, 6) is -0.0152. The van der Waals surface area contributed by atoms with Crippen LogP contribution in [0.2, 0.25) is 0 Å². The Hall–Kier alpha value is -1.26. The van der Waals surface area contributed by atoms with Crippen LogP contribution in [-0.2, 0) is 14.3 Å². The molecule has 0 bridgehead atoms. The molecule has 0 aliphatic heterocycles. The number of unbranched alkanes of at least 4 members (excludes halogenated alkanes) is 14. The minimum Gasteiger partial charge on any atom is -0.462 e. The van der Waals surface area contributed by atoms with E-state index in [0.717, 1.165) is 44.9 Å². The second-order valence-corrected chi connectivity index (χ2v) is 11.2. The van der Waals surface area contributed by atoms with Crippen molar-refractivity contribution in [2.24, 2.45) is 0 Å². The van der Waals surface area contributed by atoms with E-state index < -0.39 is 5.60 Å². The molecule has 0 rings (SSSR count). The van der Waals surface area contributed by atoms with Crippen molar-refractivity contribution < 1.29 is 19.1 Å². The molecule has 0 radical (unpaired) electrons. The summed E-state index contributed by atoms with van der Waals surface area (Å²) in [6.07, 6.45) is 22.7. The quantitative estimate of drug-likeness (QED) is 0.113. The average Bonchev–Trinajstić information content (AvgIpc) is 2.78. The Kier molecular flexibility index (Phi) is 22.3. The molecule has 0 saturated carbocycles. The Morgan fingerprint density at radius 3 is 1.63 bits per heavy atom. The van der Waals surface area contributed by atoms with Gasteiger partial charge in [0, 0.05) is 13.0 Å². The smallest absolute Gasteiger partial charge is 0.407 e. The van der Waals surface area contributed by atoms with Crippen molar-refractivity contribution in [3.05, 3.63) is 0 Å². The molecule has 0 unspecified atom stereocenters. The largest absolute Gasteiger partial charge is 0.462 e. The highest BCUT2D eigenvalue weighted by atomic mass is 16.6. The molecule has 0 aliphatic rings. The van der Waals surface area contributed by atoms with Crippen molar-refractivity contribution in [1.82, 2.24) is 5.32 Å². The van der Waals surface area contributed by atoms with E-state index in [1.807, 2.05) is 20.8 Å². The molecule has 0 saturated heterocycles. The number of ether oxygens (including phenoxy) is 2. The van der Waals surface area contributed by atoms with E-state index in [1.165, 1.54) is 77.0 Å². The molecule has 0 fully saturated rings. The second kappa shape index (κ2) is 23.2. The fraction of sp³-hybridized carbons (Fsp3) is 0.933. The van der Waals surface area contributed by atoms with E-state index in [4.69, 9.17) is 9.47 Å². The Morgan fingerprint density at radius 1 is 0.657 bits per heavy atom. The van der Waals surface area contributed by atoms with Gasteiger partial charge in [-0.15, -0.1) is 0 Å². The van der Waals surface area contributed by atoms with Crippen molar-refractivity contribution in [3.8, 4) is 0 Å². The SMILES string of the molecule is CCCCCCCCC(CCCCCCCC)OC(=O)CCCCCCCNC(=O)OC(C)(C)C. The molecule has 1 amide bonds. The molecule has 0 aromatic rings. The van der Waals surface area contributed by atoms with Crippen LogP contribution in [-0.4, -0.2) is 30.3 Å². The number of esters is 1. The monoisotopic (exact) mass is 497 g/mol. The zero-order chi connectivity index (χ0) is 26.2. The van der Waals surface area contributed by atoms with Crippen molar-refractivity contribution in [3.63, 3.8) is 0 Å². The van der Waals surface area contributed by atoms with E-state index in [-0.39, 0.29) is 18.2 Å². The van der Waals surface area contributed by atoms with E-state index in [9.17, 15) is 9.59 Å². The molecule has 5 nitrogen and oxygen atoms in total. The Morgan fingerprint density at radius 2 is 1.11 bits per heavy atom. The van der Waals surface area contributed by atoms with Crippen LogP contribution >= 0.6 is 0 Å². The number of carbonyl (C=O) groups is 2. The molecular weight excluding hydrogens is 438 g/mol. The van der Waals surface area contributed by atoms with Gasteiger partial charge in [-0.3, -0.25) is 4.79 Å². The standard InChI is InChI=1S/C30H59NO4/c1-6-8-10-12-15-19-23-27(24-20-16-13-11-9-7-2)34-28(32)25-21-17-14-18-22-26-31-29(33)35-30(3,4)5/h27H,6-26H2,1-5H3,(H,31,33). The van der Waals surface area contributed by atoms with Crippen LogP contribution in [0.25, 0.3) is 0 Å². The molecule has 0 aliphatic carbocycles. The number of hydrogen-bond acceptors (Lipinski definition) is 4. The van der Waals surface area contributed by atoms with Crippen molar-refractivity contribution in [2.45, 2.75) is 175 Å². The van der Waals surface area contributed by atoms with Gasteiger partial charge in [-0.05, 0) is 59.3 Å². The second-order valence-electron chi connectivity index (χ2n) is 11.2. The summed E-state index contributed by atoms with van der Waals surface area (Å²) in [7, 11) is 0. The number of hydrogen-bond donors (Lipinski definition) is 1.